The molecule has 0 spiro atoms. The number of aromatic nitrogens is 6. The number of unbranched alkanes of at least 4 members (excludes halogenated alkanes) is 1. The minimum atomic E-state index is -4.27. The molecule has 0 saturated carbocycles. The molecular weight excluding hydrogens is 1790 g/mol. The van der Waals surface area contributed by atoms with E-state index in [1.807, 2.05) is 91.6 Å². The van der Waals surface area contributed by atoms with E-state index in [1.165, 1.54) is 4.68 Å². The van der Waals surface area contributed by atoms with E-state index < -0.39 is 194 Å². The number of likely N-dealkylation sites (tertiary alicyclic amines) is 1. The molecule has 3 aromatic heterocycles. The molecule has 1 fully saturated rings. The van der Waals surface area contributed by atoms with Crippen molar-refractivity contribution in [1.82, 2.24) is 46.0 Å². The van der Waals surface area contributed by atoms with Crippen molar-refractivity contribution >= 4 is 169 Å². The summed E-state index contributed by atoms with van der Waals surface area (Å²) in [4.78, 5) is 157. The largest absolute Gasteiger partial charge is 0.481 e. The predicted octanol–water partition coefficient (Wildman–Crippen LogP) is 3.08. The van der Waals surface area contributed by atoms with Crippen molar-refractivity contribution in [3.05, 3.63) is 135 Å². The fourth-order valence-corrected chi connectivity index (χ4v) is 18.1. The number of allylic oxidation sites excluding steroid dienone is 6. The maximum Gasteiger partial charge on any atom is 0.425 e. The van der Waals surface area contributed by atoms with Crippen molar-refractivity contribution in [2.24, 2.45) is 38.4 Å². The molecule has 14 N–H and O–H groups in total. The highest BCUT2D eigenvalue weighted by atomic mass is 35.5. The van der Waals surface area contributed by atoms with E-state index in [9.17, 15) is 102 Å². The average Bonchev–Trinajstić information content (AvgIpc) is 1.60. The Kier molecular flexibility index (Phi) is 37.8. The number of nitrogens with two attached hydrogens (primary N) is 3. The molecule has 0 aliphatic carbocycles. The van der Waals surface area contributed by atoms with Gasteiger partial charge in [0.15, 0.2) is 17.5 Å². The zero-order chi connectivity index (χ0) is 93.2. The van der Waals surface area contributed by atoms with Gasteiger partial charge in [0.1, 0.15) is 28.8 Å². The molecule has 3 aliphatic rings. The Hall–Kier alpha value is -10.8. The number of anilines is 1. The van der Waals surface area contributed by atoms with Crippen molar-refractivity contribution in [3.8, 4) is 0 Å². The first-order valence-corrected chi connectivity index (χ1v) is 47.5. The monoisotopic (exact) mass is 1890 g/mol. The van der Waals surface area contributed by atoms with E-state index in [4.69, 9.17) is 45.8 Å². The summed E-state index contributed by atoms with van der Waals surface area (Å²) in [7, 11) is -15.7. The number of thioether (sulfide) groups is 1. The number of hydrogen-bond donors (Lipinski definition) is 11. The zero-order valence-electron chi connectivity index (χ0n) is 69.1. The van der Waals surface area contributed by atoms with Crippen LogP contribution in [0.1, 0.15) is 157 Å². The summed E-state index contributed by atoms with van der Waals surface area (Å²) in [5.74, 6) is -14.9. The number of aryl methyl sites for hydroxylation is 4. The number of pyridine rings is 1. The number of nitrogens with zero attached hydrogens (tertiary/aromatic N) is 10. The lowest BCUT2D eigenvalue weighted by molar-refractivity contribution is -0.684. The van der Waals surface area contributed by atoms with Crippen LogP contribution in [0.15, 0.2) is 111 Å². The third kappa shape index (κ3) is 32.3. The summed E-state index contributed by atoms with van der Waals surface area (Å²) in [6.45, 7) is 8.27. The number of para-hydroxylation sites is 1. The molecule has 8 rings (SSSR count). The highest BCUT2D eigenvalue weighted by Gasteiger charge is 2.45. The van der Waals surface area contributed by atoms with Crippen LogP contribution in [0, 0.1) is 11.8 Å². The third-order valence-corrected chi connectivity index (χ3v) is 25.8. The van der Waals surface area contributed by atoms with Crippen LogP contribution in [0.4, 0.5) is 11.5 Å². The number of aliphatic imine (C=N–C) groups is 2. The SMILES string of the molecule is CC1(C)C(/C=C/C(=C/C=C2\N(CCCS(=O)(=O)O)c3ccccc3C2(C)C)c2cccc(CCC(=O)NCCN3C(=O)CC(SC[C@H](NC(=O)[C@H](CC(=O)O)CC(=O)[C@H](CCCN=C(N)N)NC(=O)[C@H](CC(=O)O)CC(=O)CCCCn4cc(CCCC(=O)Cc5nnc(S(N)(=O)=O)s5)nn4)C(=O)O)C3=O)c2)=Nc2c1cc(Cl)c[n+]2CCCS(=O)(=O)O.O=S(=O)=O. The maximum absolute atomic E-state index is 14.2. The Morgan fingerprint density at radius 1 is 0.746 bits per heavy atom. The summed E-state index contributed by atoms with van der Waals surface area (Å²) in [6.07, 6.45) is 8.69. The van der Waals surface area contributed by atoms with Crippen LogP contribution in [0.25, 0.3) is 5.57 Å². The number of guanidine groups is 1. The number of primary sulfonamides is 1. The number of carbonyl (C=O) groups excluding carboxylic acids is 8. The molecule has 5 atom stereocenters. The van der Waals surface area contributed by atoms with Gasteiger partial charge in [-0.05, 0) is 117 Å². The Balaban J connectivity index is 0.00000533. The van der Waals surface area contributed by atoms with Gasteiger partial charge in [-0.3, -0.25) is 71.6 Å². The van der Waals surface area contributed by atoms with Crippen LogP contribution < -0.4 is 42.0 Å². The number of amides is 5. The standard InChI is InChI=1S/C78H99ClN16O22S5.O3S/c1-77(2)57-41-52(79)44-92(30-12-34-120(110,111)112)70(57)87-63(77)25-23-48(24-26-64-78(3,4)56-19-5-6-21-60(56)94(64)32-13-35-121(113,114)115)49-15-9-14-47(36-49)22-27-65(99)83-29-33-95-67(100)43-62(73(95)107)118-46-59(74(108)109)86-72(106)51(40-69(103)104)38-61(98)58(20-11-28-84-75(80)81)85-71(105)50(39-68(101)102)37-54(96)17-7-8-31-93-45-53(88-91-93)16-10-18-55(97)42-66-89-90-76(119-66)122(82,116)117;1-4(2)3/h5-6,9,14-15,19,21,23-26,36,41,44-45,50-51,58-59,62H,7-8,10-13,16-18,20,22,27-35,37-40,42-43,46H2,1-4H3,(H13-,80,81,82,83,84,85,86,99,101,102,103,104,105,106,108,109,110,111,112,113,114,115,116,117);/p+1/t50-,51-,58-,59-,62?;/m0./s1. The molecule has 0 radical (unpaired) electrons. The highest BCUT2D eigenvalue weighted by Crippen LogP contribution is 2.48. The van der Waals surface area contributed by atoms with Gasteiger partial charge in [0.05, 0.1) is 82.1 Å². The number of hydrogen-bond acceptors (Lipinski definition) is 29. The number of imide groups is 1. The highest BCUT2D eigenvalue weighted by molar-refractivity contribution is 8.00. The predicted molar refractivity (Wildman–Crippen MR) is 460 cm³/mol. The zero-order valence-corrected chi connectivity index (χ0v) is 74.7. The van der Waals surface area contributed by atoms with Gasteiger partial charge in [0, 0.05) is 106 Å². The summed E-state index contributed by atoms with van der Waals surface area (Å²) >= 11 is 8.04. The van der Waals surface area contributed by atoms with Gasteiger partial charge in [-0.15, -0.1) is 39.7 Å². The number of ketones is 3. The number of carboxylic acids is 3. The Morgan fingerprint density at radius 3 is 2.06 bits per heavy atom. The van der Waals surface area contributed by atoms with E-state index in [-0.39, 0.29) is 114 Å². The molecular formula is C78H100ClN16O25S6+. The second kappa shape index (κ2) is 46.6. The number of Topliss-reactive ketones (excluding diaryl/α,β-unsaturated/α-hetero) is 3. The lowest BCUT2D eigenvalue weighted by Gasteiger charge is -2.27. The Morgan fingerprint density at radius 2 is 1.40 bits per heavy atom. The van der Waals surface area contributed by atoms with Gasteiger partial charge in [-0.25, -0.2) is 22.9 Å². The maximum atomic E-state index is 14.2. The average molecular weight is 1890 g/mol. The van der Waals surface area contributed by atoms with Crippen LogP contribution in [0.2, 0.25) is 5.02 Å². The van der Waals surface area contributed by atoms with Gasteiger partial charge in [0.25, 0.3) is 30.3 Å². The fourth-order valence-electron chi connectivity index (χ4n) is 14.2. The van der Waals surface area contributed by atoms with Crippen molar-refractivity contribution in [2.75, 3.05) is 48.3 Å². The minimum Gasteiger partial charge on any atom is -0.481 e. The smallest absolute Gasteiger partial charge is 0.425 e. The molecule has 1 unspecified atom stereocenters. The lowest BCUT2D eigenvalue weighted by Crippen LogP contribution is -2.48. The number of nitrogens with one attached hydrogen (secondary N) is 3. The number of benzene rings is 2. The third-order valence-electron chi connectivity index (χ3n) is 20.4. The van der Waals surface area contributed by atoms with Crippen molar-refractivity contribution in [1.29, 1.82) is 0 Å². The van der Waals surface area contributed by atoms with Gasteiger partial charge >= 0.3 is 34.3 Å². The normalized spacial score (nSPS) is 16.1. The number of rotatable bonds is 51. The molecule has 5 aromatic rings. The lowest BCUT2D eigenvalue weighted by atomic mass is 9.81. The number of halogens is 1. The second-order valence-corrected chi connectivity index (χ2v) is 38.9. The fraction of sp³-hybridized carbons (Fsp3) is 0.487. The Labute approximate surface area is 740 Å². The van der Waals surface area contributed by atoms with Gasteiger partial charge in [-0.2, -0.15) is 16.8 Å². The van der Waals surface area contributed by atoms with Crippen LogP contribution >= 0.6 is 34.7 Å². The molecule has 684 valence electrons. The molecule has 6 heterocycles. The number of carboxylic acid groups (broad SMARTS) is 3. The number of sulfonamides is 1. The topological polar surface area (TPSA) is 648 Å². The molecule has 3 aliphatic heterocycles. The first kappa shape index (κ1) is 102. The van der Waals surface area contributed by atoms with Crippen molar-refractivity contribution in [3.63, 3.8) is 0 Å². The van der Waals surface area contributed by atoms with Crippen LogP contribution in [0.3, 0.4) is 0 Å². The van der Waals surface area contributed by atoms with Crippen molar-refractivity contribution in [2.45, 2.75) is 189 Å². The number of aliphatic carboxylic acids is 3. The molecule has 48 heteroatoms. The van der Waals surface area contributed by atoms with E-state index in [0.717, 1.165) is 38.5 Å². The summed E-state index contributed by atoms with van der Waals surface area (Å²) in [6, 6.07) is 13.6. The van der Waals surface area contributed by atoms with Gasteiger partial charge in [0.2, 0.25) is 33.9 Å². The Bertz CT molecular complexity index is 5550. The van der Waals surface area contributed by atoms with E-state index in [1.54, 1.807) is 23.0 Å². The summed E-state index contributed by atoms with van der Waals surface area (Å²) in [5.41, 5.74) is 16.5. The van der Waals surface area contributed by atoms with E-state index in [2.05, 4.69) is 55.3 Å². The summed E-state index contributed by atoms with van der Waals surface area (Å²) < 4.78 is 117. The van der Waals surface area contributed by atoms with Crippen LogP contribution in [-0.4, -0.2) is 230 Å². The minimum absolute atomic E-state index is 0.00230. The summed E-state index contributed by atoms with van der Waals surface area (Å²) in [5, 5.41) is 57.3. The van der Waals surface area contributed by atoms with Gasteiger partial charge in [-0.1, -0.05) is 96.6 Å². The second-order valence-electron chi connectivity index (χ2n) is 30.9. The van der Waals surface area contributed by atoms with Crippen LogP contribution in [-0.2, 0) is 137 Å². The molecule has 5 amide bonds. The van der Waals surface area contributed by atoms with E-state index >= 15 is 0 Å². The first-order valence-electron chi connectivity index (χ1n) is 39.5. The number of carbonyl (C=O) groups is 11. The van der Waals surface area contributed by atoms with Crippen molar-refractivity contribution < 1.29 is 120 Å². The molecule has 2 aromatic carbocycles. The number of fused-ring (bicyclic) bond motifs is 2. The molecule has 0 bridgehead atoms. The molecule has 1 saturated heterocycles. The first-order chi connectivity index (χ1) is 59.1. The molecule has 41 nitrogen and oxygen atoms in total. The van der Waals surface area contributed by atoms with Gasteiger partial charge < -0.3 is 47.6 Å². The quantitative estimate of drug-likeness (QED) is 0.00507. The van der Waals surface area contributed by atoms with E-state index in [0.29, 0.717) is 76.7 Å². The van der Waals surface area contributed by atoms with Crippen LogP contribution in [0.5, 0.6) is 0 Å². The molecule has 126 heavy (non-hydrogen) atoms.